The van der Waals surface area contributed by atoms with Crippen LogP contribution in [-0.2, 0) is 22.6 Å². The van der Waals surface area contributed by atoms with E-state index in [-0.39, 0.29) is 5.91 Å². The second kappa shape index (κ2) is 9.05. The van der Waals surface area contributed by atoms with E-state index < -0.39 is 11.4 Å². The number of hydrogen-bond donors (Lipinski definition) is 1. The predicted octanol–water partition coefficient (Wildman–Crippen LogP) is 3.14. The molecule has 2 heterocycles. The van der Waals surface area contributed by atoms with Gasteiger partial charge in [-0.2, -0.15) is 0 Å². The molecule has 1 aliphatic heterocycles. The van der Waals surface area contributed by atoms with Crippen LogP contribution in [0.2, 0.25) is 0 Å². The largest absolute Gasteiger partial charge is 0.481 e. The fourth-order valence-corrected chi connectivity index (χ4v) is 4.77. The number of hydrogen-bond acceptors (Lipinski definition) is 4. The zero-order valence-corrected chi connectivity index (χ0v) is 17.3. The van der Waals surface area contributed by atoms with Gasteiger partial charge in [0.2, 0.25) is 5.91 Å². The molecule has 0 spiro atoms. The molecular weight excluding hydrogens is 356 g/mol. The summed E-state index contributed by atoms with van der Waals surface area (Å²) in [6.45, 7) is 6.64. The Labute approximate surface area is 167 Å². The van der Waals surface area contributed by atoms with E-state index in [0.29, 0.717) is 37.5 Å². The first-order chi connectivity index (χ1) is 13.4. The van der Waals surface area contributed by atoms with Gasteiger partial charge in [-0.3, -0.25) is 14.3 Å². The van der Waals surface area contributed by atoms with Gasteiger partial charge in [0, 0.05) is 32.3 Å². The molecular formula is C21H34N4O3. The zero-order chi connectivity index (χ0) is 20.1. The molecule has 1 saturated carbocycles. The molecule has 1 aromatic heterocycles. The molecule has 0 aromatic carbocycles. The minimum atomic E-state index is -0.724. The molecule has 1 atom stereocenters. The molecule has 2 fully saturated rings. The highest BCUT2D eigenvalue weighted by atomic mass is 16.4. The van der Waals surface area contributed by atoms with Crippen LogP contribution in [0.15, 0.2) is 6.20 Å². The van der Waals surface area contributed by atoms with Gasteiger partial charge in [-0.05, 0) is 50.4 Å². The van der Waals surface area contributed by atoms with Gasteiger partial charge in [0.05, 0.1) is 11.1 Å². The number of amides is 1. The van der Waals surface area contributed by atoms with Crippen LogP contribution in [0.3, 0.4) is 0 Å². The highest BCUT2D eigenvalue weighted by Gasteiger charge is 2.41. The minimum absolute atomic E-state index is 0.108. The molecule has 3 rings (SSSR count). The minimum Gasteiger partial charge on any atom is -0.481 e. The van der Waals surface area contributed by atoms with E-state index >= 15 is 0 Å². The third-order valence-corrected chi connectivity index (χ3v) is 6.35. The Hall–Kier alpha value is -1.92. The normalized spacial score (nSPS) is 22.0. The molecule has 7 heteroatoms. The van der Waals surface area contributed by atoms with Crippen molar-refractivity contribution in [3.05, 3.63) is 11.9 Å². The maximum absolute atomic E-state index is 12.7. The fraction of sp³-hybridized carbons (Fsp3) is 0.810. The number of carbonyl (C=O) groups is 2. The summed E-state index contributed by atoms with van der Waals surface area (Å²) >= 11 is 0. The van der Waals surface area contributed by atoms with Crippen LogP contribution < -0.4 is 0 Å². The lowest BCUT2D eigenvalue weighted by molar-refractivity contribution is -0.149. The summed E-state index contributed by atoms with van der Waals surface area (Å²) in [4.78, 5) is 26.4. The highest BCUT2D eigenvalue weighted by Crippen LogP contribution is 2.42. The van der Waals surface area contributed by atoms with Crippen molar-refractivity contribution in [3.63, 3.8) is 0 Å². The molecule has 28 heavy (non-hydrogen) atoms. The molecule has 1 unspecified atom stereocenters. The molecule has 0 radical (unpaired) electrons. The Bertz CT molecular complexity index is 679. The second-order valence-corrected chi connectivity index (χ2v) is 9.17. The van der Waals surface area contributed by atoms with Crippen molar-refractivity contribution in [2.45, 2.75) is 78.2 Å². The SMILES string of the molecule is CC(C)Cc1cn(CC2CCCN(C(=O)CCC3(C(=O)O)CCCC3)C2)nn1. The monoisotopic (exact) mass is 390 g/mol. The zero-order valence-electron chi connectivity index (χ0n) is 17.3. The van der Waals surface area contributed by atoms with E-state index in [1.165, 1.54) is 0 Å². The summed E-state index contributed by atoms with van der Waals surface area (Å²) in [5.41, 5.74) is 0.354. The van der Waals surface area contributed by atoms with Gasteiger partial charge in [-0.15, -0.1) is 5.10 Å². The number of carbonyl (C=O) groups excluding carboxylic acids is 1. The van der Waals surface area contributed by atoms with E-state index in [1.807, 2.05) is 15.8 Å². The lowest BCUT2D eigenvalue weighted by atomic mass is 9.81. The van der Waals surface area contributed by atoms with Crippen LogP contribution in [0.25, 0.3) is 0 Å². The summed E-state index contributed by atoms with van der Waals surface area (Å²) in [5, 5.41) is 18.1. The van der Waals surface area contributed by atoms with Gasteiger partial charge < -0.3 is 10.0 Å². The Morgan fingerprint density at radius 3 is 2.71 bits per heavy atom. The lowest BCUT2D eigenvalue weighted by Crippen LogP contribution is -2.42. The number of carboxylic acid groups (broad SMARTS) is 1. The molecule has 7 nitrogen and oxygen atoms in total. The Morgan fingerprint density at radius 1 is 1.29 bits per heavy atom. The molecule has 156 valence electrons. The third kappa shape index (κ3) is 5.11. The Kier molecular flexibility index (Phi) is 6.73. The average Bonchev–Trinajstić information content (AvgIpc) is 3.30. The molecule has 1 amide bonds. The third-order valence-electron chi connectivity index (χ3n) is 6.35. The van der Waals surface area contributed by atoms with Gasteiger partial charge in [0.25, 0.3) is 0 Å². The van der Waals surface area contributed by atoms with Crippen LogP contribution in [0, 0.1) is 17.3 Å². The lowest BCUT2D eigenvalue weighted by Gasteiger charge is -2.33. The van der Waals surface area contributed by atoms with E-state index in [9.17, 15) is 14.7 Å². The number of nitrogens with zero attached hydrogens (tertiary/aromatic N) is 4. The first kappa shape index (κ1) is 20.8. The molecule has 1 aromatic rings. The van der Waals surface area contributed by atoms with Crippen molar-refractivity contribution in [2.75, 3.05) is 13.1 Å². The quantitative estimate of drug-likeness (QED) is 0.737. The van der Waals surface area contributed by atoms with Crippen molar-refractivity contribution in [1.82, 2.24) is 19.9 Å². The molecule has 1 saturated heterocycles. The summed E-state index contributed by atoms with van der Waals surface area (Å²) < 4.78 is 1.91. The topological polar surface area (TPSA) is 88.3 Å². The standard InChI is InChI=1S/C21H34N4O3/c1-16(2)12-18-15-25(23-22-18)14-17-6-5-11-24(13-17)19(26)7-10-21(20(27)28)8-3-4-9-21/h15-17H,3-14H2,1-2H3,(H,27,28). The van der Waals surface area contributed by atoms with Crippen molar-refractivity contribution in [2.24, 2.45) is 17.3 Å². The molecule has 0 bridgehead atoms. The first-order valence-electron chi connectivity index (χ1n) is 10.8. The Balaban J connectivity index is 1.50. The summed E-state index contributed by atoms with van der Waals surface area (Å²) in [5.74, 6) is 0.321. The van der Waals surface area contributed by atoms with Gasteiger partial charge in [-0.1, -0.05) is 31.9 Å². The van der Waals surface area contributed by atoms with Gasteiger partial charge >= 0.3 is 5.97 Å². The van der Waals surface area contributed by atoms with Gasteiger partial charge in [0.15, 0.2) is 0 Å². The average molecular weight is 391 g/mol. The van der Waals surface area contributed by atoms with E-state index in [4.69, 9.17) is 0 Å². The van der Waals surface area contributed by atoms with Crippen LogP contribution in [0.4, 0.5) is 0 Å². The summed E-state index contributed by atoms with van der Waals surface area (Å²) in [7, 11) is 0. The Morgan fingerprint density at radius 2 is 2.04 bits per heavy atom. The van der Waals surface area contributed by atoms with E-state index in [2.05, 4.69) is 24.2 Å². The predicted molar refractivity (Wildman–Crippen MR) is 106 cm³/mol. The number of piperidine rings is 1. The molecule has 1 aliphatic carbocycles. The van der Waals surface area contributed by atoms with Crippen LogP contribution >= 0.6 is 0 Å². The summed E-state index contributed by atoms with van der Waals surface area (Å²) in [6.07, 6.45) is 9.21. The highest BCUT2D eigenvalue weighted by molar-refractivity contribution is 5.79. The smallest absolute Gasteiger partial charge is 0.309 e. The van der Waals surface area contributed by atoms with E-state index in [1.54, 1.807) is 0 Å². The fourth-order valence-electron chi connectivity index (χ4n) is 4.77. The number of rotatable bonds is 8. The molecule has 2 aliphatic rings. The van der Waals surface area contributed by atoms with Crippen molar-refractivity contribution in [3.8, 4) is 0 Å². The van der Waals surface area contributed by atoms with Gasteiger partial charge in [0.1, 0.15) is 0 Å². The summed E-state index contributed by atoms with van der Waals surface area (Å²) in [6, 6.07) is 0. The number of aliphatic carboxylic acids is 1. The van der Waals surface area contributed by atoms with Gasteiger partial charge in [-0.25, -0.2) is 0 Å². The number of aromatic nitrogens is 3. The number of likely N-dealkylation sites (tertiary alicyclic amines) is 1. The molecule has 1 N–H and O–H groups in total. The first-order valence-corrected chi connectivity index (χ1v) is 10.8. The van der Waals surface area contributed by atoms with Crippen LogP contribution in [0.5, 0.6) is 0 Å². The second-order valence-electron chi connectivity index (χ2n) is 9.17. The number of carboxylic acids is 1. The maximum atomic E-state index is 12.7. The van der Waals surface area contributed by atoms with Crippen molar-refractivity contribution < 1.29 is 14.7 Å². The van der Waals surface area contributed by atoms with Crippen LogP contribution in [0.1, 0.15) is 70.9 Å². The van der Waals surface area contributed by atoms with Crippen molar-refractivity contribution >= 4 is 11.9 Å². The maximum Gasteiger partial charge on any atom is 0.309 e. The van der Waals surface area contributed by atoms with Crippen LogP contribution in [-0.4, -0.2) is 50.0 Å². The van der Waals surface area contributed by atoms with E-state index in [0.717, 1.165) is 57.4 Å². The van der Waals surface area contributed by atoms with Crippen molar-refractivity contribution in [1.29, 1.82) is 0 Å².